The Kier molecular flexibility index (Phi) is 5.88. The number of aromatic carboxylic acids is 2. The van der Waals surface area contributed by atoms with Crippen molar-refractivity contribution in [2.45, 2.75) is 0 Å². The summed E-state index contributed by atoms with van der Waals surface area (Å²) < 4.78 is 9.56. The van der Waals surface area contributed by atoms with Gasteiger partial charge in [-0.05, 0) is 58.7 Å². The van der Waals surface area contributed by atoms with Crippen molar-refractivity contribution < 1.29 is 38.9 Å². The first-order valence-electron chi connectivity index (χ1n) is 8.49. The van der Waals surface area contributed by atoms with Crippen LogP contribution in [0.2, 0.25) is 0 Å². The lowest BCUT2D eigenvalue weighted by atomic mass is 9.98. The van der Waals surface area contributed by atoms with E-state index in [2.05, 4.69) is 0 Å². The van der Waals surface area contributed by atoms with Crippen LogP contribution in [0.3, 0.4) is 0 Å². The van der Waals surface area contributed by atoms with E-state index in [0.717, 1.165) is 0 Å². The van der Waals surface area contributed by atoms with Gasteiger partial charge in [0.15, 0.2) is 0 Å². The second-order valence-corrected chi connectivity index (χ2v) is 6.11. The van der Waals surface area contributed by atoms with Crippen molar-refractivity contribution in [1.29, 1.82) is 0 Å². The van der Waals surface area contributed by atoms with Crippen molar-refractivity contribution in [3.05, 3.63) is 71.8 Å². The maximum atomic E-state index is 11.3. The van der Waals surface area contributed by atoms with Crippen molar-refractivity contribution in [2.75, 3.05) is 0 Å². The Balaban J connectivity index is 2.01. The number of ether oxygens (including phenoxy) is 2. The number of carboxylic acid groups (broad SMARTS) is 2. The maximum absolute atomic E-state index is 11.3. The second-order valence-electron chi connectivity index (χ2n) is 6.11. The third kappa shape index (κ3) is 4.50. The Morgan fingerprint density at radius 3 is 1.27 bits per heavy atom. The van der Waals surface area contributed by atoms with Crippen LogP contribution in [0, 0.1) is 0 Å². The van der Waals surface area contributed by atoms with Crippen molar-refractivity contribution in [2.24, 2.45) is 0 Å². The zero-order chi connectivity index (χ0) is 21.7. The second kappa shape index (κ2) is 8.70. The lowest BCUT2D eigenvalue weighted by Gasteiger charge is -2.09. The maximum Gasteiger partial charge on any atom is 0.335 e. The monoisotopic (exact) mass is 406 g/mol. The zero-order valence-corrected chi connectivity index (χ0v) is 15.3. The predicted molar refractivity (Wildman–Crippen MR) is 105 cm³/mol. The number of hydrogen-bond donors (Lipinski definition) is 2. The molecule has 8 nitrogen and oxygen atoms in total. The van der Waals surface area contributed by atoms with Gasteiger partial charge in [-0.3, -0.25) is 9.59 Å². The smallest absolute Gasteiger partial charge is 0.335 e. The molecule has 0 saturated carbocycles. The van der Waals surface area contributed by atoms with Crippen LogP contribution in [0.1, 0.15) is 20.7 Å². The molecule has 0 spiro atoms. The molecule has 0 amide bonds. The van der Waals surface area contributed by atoms with Crippen LogP contribution < -0.4 is 9.47 Å². The number of carbonyl (C=O) groups is 4. The highest BCUT2D eigenvalue weighted by molar-refractivity contribution is 5.91. The topological polar surface area (TPSA) is 127 Å². The minimum Gasteiger partial charge on any atom is -0.478 e. The fourth-order valence-electron chi connectivity index (χ4n) is 2.88. The molecule has 0 bridgehead atoms. The number of hydrogen-bond acceptors (Lipinski definition) is 6. The van der Waals surface area contributed by atoms with Gasteiger partial charge in [-0.2, -0.15) is 0 Å². The molecule has 0 aliphatic heterocycles. The first-order valence-corrected chi connectivity index (χ1v) is 8.49. The molecule has 30 heavy (non-hydrogen) atoms. The predicted octanol–water partition coefficient (Wildman–Crippen LogP) is 3.49. The van der Waals surface area contributed by atoms with Crippen molar-refractivity contribution in [3.8, 4) is 33.8 Å². The summed E-state index contributed by atoms with van der Waals surface area (Å²) in [6.07, 6.45) is 0. The number of rotatable bonds is 8. The van der Waals surface area contributed by atoms with E-state index in [1.807, 2.05) is 0 Å². The summed E-state index contributed by atoms with van der Waals surface area (Å²) in [5, 5.41) is 18.5. The van der Waals surface area contributed by atoms with Crippen LogP contribution in [0.15, 0.2) is 60.7 Å². The van der Waals surface area contributed by atoms with E-state index >= 15 is 0 Å². The summed E-state index contributed by atoms with van der Waals surface area (Å²) in [5.41, 5.74) is 2.24. The highest BCUT2D eigenvalue weighted by Gasteiger charge is 2.12. The highest BCUT2D eigenvalue weighted by atomic mass is 16.5. The van der Waals surface area contributed by atoms with Crippen LogP contribution in [-0.2, 0) is 9.59 Å². The van der Waals surface area contributed by atoms with Crippen LogP contribution >= 0.6 is 0 Å². The van der Waals surface area contributed by atoms with E-state index in [9.17, 15) is 29.4 Å². The molecule has 150 valence electrons. The van der Waals surface area contributed by atoms with E-state index in [1.165, 1.54) is 36.4 Å². The van der Waals surface area contributed by atoms with E-state index in [4.69, 9.17) is 9.47 Å². The average molecular weight is 406 g/mol. The molecule has 0 fully saturated rings. The standard InChI is InChI=1S/C22H14O8/c23-11-29-19-7-15(5-17(9-19)21(25)26)13-1-2-14(4-3-13)16-6-18(22(27)28)10-20(8-16)30-12-24/h1-12H,(H,25,26)(H,27,28). The fraction of sp³-hybridized carbons (Fsp3) is 0. The van der Waals surface area contributed by atoms with E-state index in [1.54, 1.807) is 24.3 Å². The third-order valence-electron chi connectivity index (χ3n) is 4.23. The summed E-state index contributed by atoms with van der Waals surface area (Å²) in [6.45, 7) is 0.421. The van der Waals surface area contributed by atoms with Gasteiger partial charge in [0.05, 0.1) is 11.1 Å². The summed E-state index contributed by atoms with van der Waals surface area (Å²) in [4.78, 5) is 43.9. The number of carboxylic acids is 2. The Hall–Kier alpha value is -4.46. The molecular formula is C22H14O8. The van der Waals surface area contributed by atoms with Crippen LogP contribution in [0.4, 0.5) is 0 Å². The number of carbonyl (C=O) groups excluding carboxylic acids is 2. The largest absolute Gasteiger partial charge is 0.478 e. The molecule has 2 N–H and O–H groups in total. The SMILES string of the molecule is O=COc1cc(C(=O)O)cc(-c2ccc(-c3cc(OC=O)cc(C(=O)O)c3)cc2)c1. The molecule has 0 aliphatic carbocycles. The highest BCUT2D eigenvalue weighted by Crippen LogP contribution is 2.30. The van der Waals surface area contributed by atoms with Crippen LogP contribution in [0.5, 0.6) is 11.5 Å². The Morgan fingerprint density at radius 1 is 0.600 bits per heavy atom. The van der Waals surface area contributed by atoms with Crippen LogP contribution in [-0.4, -0.2) is 35.1 Å². The normalized spacial score (nSPS) is 10.1. The lowest BCUT2D eigenvalue weighted by Crippen LogP contribution is -1.99. The summed E-state index contributed by atoms with van der Waals surface area (Å²) in [5.74, 6) is -2.16. The molecule has 0 atom stereocenters. The van der Waals surface area contributed by atoms with Gasteiger partial charge >= 0.3 is 11.9 Å². The van der Waals surface area contributed by atoms with Crippen molar-refractivity contribution in [3.63, 3.8) is 0 Å². The minimum atomic E-state index is -1.17. The molecule has 0 heterocycles. The average Bonchev–Trinajstić information content (AvgIpc) is 2.74. The van der Waals surface area contributed by atoms with Gasteiger partial charge in [-0.15, -0.1) is 0 Å². The van der Waals surface area contributed by atoms with E-state index < -0.39 is 11.9 Å². The molecule has 3 aromatic rings. The van der Waals surface area contributed by atoms with E-state index in [0.29, 0.717) is 22.3 Å². The zero-order valence-electron chi connectivity index (χ0n) is 15.3. The van der Waals surface area contributed by atoms with Crippen molar-refractivity contribution >= 4 is 24.9 Å². The molecular weight excluding hydrogens is 392 g/mol. The van der Waals surface area contributed by atoms with Gasteiger partial charge in [-0.1, -0.05) is 24.3 Å². The van der Waals surface area contributed by atoms with E-state index in [-0.39, 0.29) is 35.6 Å². The Labute approximate surface area is 169 Å². The summed E-state index contributed by atoms with van der Waals surface area (Å²) >= 11 is 0. The minimum absolute atomic E-state index is 0.0433. The quantitative estimate of drug-likeness (QED) is 0.544. The molecule has 0 radical (unpaired) electrons. The molecule has 3 rings (SSSR count). The Morgan fingerprint density at radius 2 is 0.967 bits per heavy atom. The molecule has 8 heteroatoms. The molecule has 0 saturated heterocycles. The van der Waals surface area contributed by atoms with Gasteiger partial charge in [-0.25, -0.2) is 9.59 Å². The molecule has 0 aromatic heterocycles. The Bertz CT molecular complexity index is 1040. The van der Waals surface area contributed by atoms with Crippen LogP contribution in [0.25, 0.3) is 22.3 Å². The molecule has 0 unspecified atom stereocenters. The van der Waals surface area contributed by atoms with Gasteiger partial charge in [0.25, 0.3) is 12.9 Å². The summed E-state index contributed by atoms with van der Waals surface area (Å²) in [6, 6.07) is 15.2. The van der Waals surface area contributed by atoms with Gasteiger partial charge in [0, 0.05) is 0 Å². The first-order chi connectivity index (χ1) is 14.4. The summed E-state index contributed by atoms with van der Waals surface area (Å²) in [7, 11) is 0. The van der Waals surface area contributed by atoms with Gasteiger partial charge in [0.1, 0.15) is 11.5 Å². The lowest BCUT2D eigenvalue weighted by molar-refractivity contribution is -0.121. The fourth-order valence-corrected chi connectivity index (χ4v) is 2.88. The van der Waals surface area contributed by atoms with Gasteiger partial charge < -0.3 is 19.7 Å². The number of benzene rings is 3. The molecule has 0 aliphatic rings. The first kappa shape index (κ1) is 20.3. The third-order valence-corrected chi connectivity index (χ3v) is 4.23. The van der Waals surface area contributed by atoms with Gasteiger partial charge in [0.2, 0.25) is 0 Å². The molecule has 3 aromatic carbocycles. The van der Waals surface area contributed by atoms with Crippen molar-refractivity contribution in [1.82, 2.24) is 0 Å².